The van der Waals surface area contributed by atoms with E-state index in [9.17, 15) is 9.90 Å². The molecule has 0 unspecified atom stereocenters. The molecule has 1 aliphatic carbocycles. The predicted octanol–water partition coefficient (Wildman–Crippen LogP) is 1.70. The molecule has 1 N–H and O–H groups in total. The SMILES string of the molecule is O=C(CCN1C[C@@H]2CC[C@@H]1C2)N1CCN(Cc2ccccc2CO)CC1. The summed E-state index contributed by atoms with van der Waals surface area (Å²) in [6, 6.07) is 8.83. The zero-order valence-electron chi connectivity index (χ0n) is 15.6. The minimum atomic E-state index is 0.0903. The summed E-state index contributed by atoms with van der Waals surface area (Å²) in [5.41, 5.74) is 2.20. The second-order valence-corrected chi connectivity index (χ2v) is 8.16. The van der Waals surface area contributed by atoms with E-state index in [1.807, 2.05) is 23.1 Å². The van der Waals surface area contributed by atoms with Crippen molar-refractivity contribution in [2.45, 2.75) is 44.9 Å². The predicted molar refractivity (Wildman–Crippen MR) is 102 cm³/mol. The fraction of sp³-hybridized carbons (Fsp3) is 0.667. The number of amides is 1. The van der Waals surface area contributed by atoms with Crippen LogP contribution in [0.5, 0.6) is 0 Å². The van der Waals surface area contributed by atoms with Gasteiger partial charge in [-0.05, 0) is 36.3 Å². The highest BCUT2D eigenvalue weighted by Gasteiger charge is 2.37. The summed E-state index contributed by atoms with van der Waals surface area (Å²) in [5, 5.41) is 9.48. The number of aliphatic hydroxyl groups is 1. The van der Waals surface area contributed by atoms with E-state index < -0.39 is 0 Å². The van der Waals surface area contributed by atoms with Gasteiger partial charge in [0.1, 0.15) is 0 Å². The fourth-order valence-electron chi connectivity index (χ4n) is 4.96. The monoisotopic (exact) mass is 357 g/mol. The maximum absolute atomic E-state index is 12.6. The molecule has 0 radical (unpaired) electrons. The Hall–Kier alpha value is -1.43. The number of nitrogens with zero attached hydrogens (tertiary/aromatic N) is 3. The van der Waals surface area contributed by atoms with Crippen molar-refractivity contribution in [2.24, 2.45) is 5.92 Å². The number of piperazine rings is 1. The van der Waals surface area contributed by atoms with Crippen LogP contribution in [0.4, 0.5) is 0 Å². The molecule has 2 aliphatic heterocycles. The Balaban J connectivity index is 1.21. The third kappa shape index (κ3) is 3.95. The first-order chi connectivity index (χ1) is 12.7. The lowest BCUT2D eigenvalue weighted by atomic mass is 10.1. The van der Waals surface area contributed by atoms with E-state index in [4.69, 9.17) is 0 Å². The number of aliphatic hydroxyl groups excluding tert-OH is 1. The minimum absolute atomic E-state index is 0.0903. The van der Waals surface area contributed by atoms with Gasteiger partial charge in [-0.2, -0.15) is 0 Å². The Labute approximate surface area is 156 Å². The molecule has 1 saturated carbocycles. The average Bonchev–Trinajstić information content (AvgIpc) is 3.30. The van der Waals surface area contributed by atoms with Crippen LogP contribution in [0.1, 0.15) is 36.8 Å². The number of benzene rings is 1. The summed E-state index contributed by atoms with van der Waals surface area (Å²) in [7, 11) is 0. The van der Waals surface area contributed by atoms with Crippen LogP contribution in [0.25, 0.3) is 0 Å². The quantitative estimate of drug-likeness (QED) is 0.842. The number of likely N-dealkylation sites (tertiary alicyclic amines) is 1. The van der Waals surface area contributed by atoms with Crippen LogP contribution >= 0.6 is 0 Å². The number of carbonyl (C=O) groups excluding carboxylic acids is 1. The van der Waals surface area contributed by atoms with Crippen LogP contribution in [0, 0.1) is 5.92 Å². The van der Waals surface area contributed by atoms with E-state index in [2.05, 4.69) is 15.9 Å². The van der Waals surface area contributed by atoms with E-state index in [0.717, 1.165) is 56.8 Å². The van der Waals surface area contributed by atoms with Gasteiger partial charge in [0.25, 0.3) is 0 Å². The van der Waals surface area contributed by atoms with Gasteiger partial charge in [0.2, 0.25) is 5.91 Å². The standard InChI is InChI=1S/C21H31N3O2/c25-16-19-4-2-1-3-18(19)15-22-9-11-23(12-10-22)21(26)7-8-24-14-17-5-6-20(24)13-17/h1-4,17,20,25H,5-16H2/t17-,20-/m1/s1. The van der Waals surface area contributed by atoms with Crippen molar-refractivity contribution in [3.8, 4) is 0 Å². The molecule has 3 aliphatic rings. The smallest absolute Gasteiger partial charge is 0.223 e. The largest absolute Gasteiger partial charge is 0.392 e. The van der Waals surface area contributed by atoms with Crippen molar-refractivity contribution >= 4 is 5.91 Å². The second-order valence-electron chi connectivity index (χ2n) is 8.16. The fourth-order valence-corrected chi connectivity index (χ4v) is 4.96. The summed E-state index contributed by atoms with van der Waals surface area (Å²) >= 11 is 0. The van der Waals surface area contributed by atoms with Gasteiger partial charge in [-0.15, -0.1) is 0 Å². The van der Waals surface area contributed by atoms with Crippen molar-refractivity contribution in [1.82, 2.24) is 14.7 Å². The highest BCUT2D eigenvalue weighted by molar-refractivity contribution is 5.76. The van der Waals surface area contributed by atoms with Crippen molar-refractivity contribution in [3.05, 3.63) is 35.4 Å². The number of piperidine rings is 1. The molecule has 5 nitrogen and oxygen atoms in total. The van der Waals surface area contributed by atoms with Crippen LogP contribution in [0.15, 0.2) is 24.3 Å². The summed E-state index contributed by atoms with van der Waals surface area (Å²) < 4.78 is 0. The molecule has 1 amide bonds. The van der Waals surface area contributed by atoms with Crippen molar-refractivity contribution < 1.29 is 9.90 Å². The van der Waals surface area contributed by atoms with Crippen molar-refractivity contribution in [1.29, 1.82) is 0 Å². The van der Waals surface area contributed by atoms with Crippen LogP contribution in [0.3, 0.4) is 0 Å². The van der Waals surface area contributed by atoms with Gasteiger partial charge >= 0.3 is 0 Å². The number of rotatable bonds is 6. The Morgan fingerprint density at radius 1 is 1.08 bits per heavy atom. The molecule has 2 saturated heterocycles. The molecule has 3 fully saturated rings. The van der Waals surface area contributed by atoms with Crippen LogP contribution in [-0.4, -0.2) is 71.0 Å². The van der Waals surface area contributed by atoms with Gasteiger partial charge < -0.3 is 10.0 Å². The molecule has 2 heterocycles. The lowest BCUT2D eigenvalue weighted by Crippen LogP contribution is -2.49. The minimum Gasteiger partial charge on any atom is -0.392 e. The summed E-state index contributed by atoms with van der Waals surface area (Å²) in [6.07, 6.45) is 4.78. The highest BCUT2D eigenvalue weighted by Crippen LogP contribution is 2.37. The van der Waals surface area contributed by atoms with Crippen LogP contribution in [0.2, 0.25) is 0 Å². The average molecular weight is 357 g/mol. The van der Waals surface area contributed by atoms with Crippen molar-refractivity contribution in [3.63, 3.8) is 0 Å². The van der Waals surface area contributed by atoms with Crippen LogP contribution in [-0.2, 0) is 17.9 Å². The molecule has 26 heavy (non-hydrogen) atoms. The van der Waals surface area contributed by atoms with E-state index in [1.54, 1.807) is 0 Å². The molecule has 2 bridgehead atoms. The van der Waals surface area contributed by atoms with E-state index in [1.165, 1.54) is 31.4 Å². The van der Waals surface area contributed by atoms with Gasteiger partial charge in [-0.3, -0.25) is 14.6 Å². The zero-order valence-corrected chi connectivity index (χ0v) is 15.6. The maximum Gasteiger partial charge on any atom is 0.223 e. The van der Waals surface area contributed by atoms with E-state index >= 15 is 0 Å². The number of fused-ring (bicyclic) bond motifs is 2. The van der Waals surface area contributed by atoms with Gasteiger partial charge in [0, 0.05) is 58.3 Å². The Morgan fingerprint density at radius 2 is 1.85 bits per heavy atom. The van der Waals surface area contributed by atoms with Gasteiger partial charge in [-0.1, -0.05) is 24.3 Å². The first-order valence-electron chi connectivity index (χ1n) is 10.1. The summed E-state index contributed by atoms with van der Waals surface area (Å²) in [6.45, 7) is 6.60. The van der Waals surface area contributed by atoms with Crippen molar-refractivity contribution in [2.75, 3.05) is 39.3 Å². The molecule has 0 spiro atoms. The van der Waals surface area contributed by atoms with E-state index in [0.29, 0.717) is 12.3 Å². The van der Waals surface area contributed by atoms with E-state index in [-0.39, 0.29) is 6.61 Å². The third-order valence-electron chi connectivity index (χ3n) is 6.54. The molecule has 2 atom stereocenters. The number of hydrogen-bond acceptors (Lipinski definition) is 4. The normalized spacial score (nSPS) is 26.6. The van der Waals surface area contributed by atoms with Crippen LogP contribution < -0.4 is 0 Å². The lowest BCUT2D eigenvalue weighted by Gasteiger charge is -2.35. The molecular weight excluding hydrogens is 326 g/mol. The highest BCUT2D eigenvalue weighted by atomic mass is 16.3. The molecule has 1 aromatic rings. The number of hydrogen-bond donors (Lipinski definition) is 1. The molecule has 0 aromatic heterocycles. The Kier molecular flexibility index (Phi) is 5.57. The van der Waals surface area contributed by atoms with Gasteiger partial charge in [0.05, 0.1) is 6.61 Å². The third-order valence-corrected chi connectivity index (χ3v) is 6.54. The molecule has 4 rings (SSSR count). The molecule has 1 aromatic carbocycles. The summed E-state index contributed by atoms with van der Waals surface area (Å²) in [4.78, 5) is 19.6. The number of carbonyl (C=O) groups is 1. The Bertz CT molecular complexity index is 627. The van der Waals surface area contributed by atoms with Gasteiger partial charge in [0.15, 0.2) is 0 Å². The molecule has 142 valence electrons. The van der Waals surface area contributed by atoms with Gasteiger partial charge in [-0.25, -0.2) is 0 Å². The Morgan fingerprint density at radius 3 is 2.50 bits per heavy atom. The zero-order chi connectivity index (χ0) is 17.9. The second kappa shape index (κ2) is 8.07. The molecule has 5 heteroatoms. The molecular formula is C21H31N3O2. The first kappa shape index (κ1) is 18.0. The lowest BCUT2D eigenvalue weighted by molar-refractivity contribution is -0.133. The first-order valence-corrected chi connectivity index (χ1v) is 10.1. The maximum atomic E-state index is 12.6. The summed E-state index contributed by atoms with van der Waals surface area (Å²) in [5.74, 6) is 1.23. The topological polar surface area (TPSA) is 47.0 Å².